The van der Waals surface area contributed by atoms with Crippen molar-refractivity contribution in [1.29, 1.82) is 0 Å². The molecule has 0 spiro atoms. The summed E-state index contributed by atoms with van der Waals surface area (Å²) in [7, 11) is -1.10. The molecule has 1 unspecified atom stereocenters. The number of benzene rings is 2. The van der Waals surface area contributed by atoms with E-state index in [1.54, 1.807) is 11.8 Å². The van der Waals surface area contributed by atoms with Gasteiger partial charge in [0.2, 0.25) is 0 Å². The number of esters is 1. The summed E-state index contributed by atoms with van der Waals surface area (Å²) >= 11 is 1.63. The topological polar surface area (TPSA) is 72.5 Å². The zero-order valence-corrected chi connectivity index (χ0v) is 29.0. The van der Waals surface area contributed by atoms with Crippen molar-refractivity contribution in [2.24, 2.45) is 11.8 Å². The molecule has 2 fully saturated rings. The Morgan fingerprint density at radius 1 is 0.909 bits per heavy atom. The van der Waals surface area contributed by atoms with Crippen molar-refractivity contribution in [2.45, 2.75) is 103 Å². The molecule has 0 bridgehead atoms. The van der Waals surface area contributed by atoms with Crippen molar-refractivity contribution in [3.05, 3.63) is 59.2 Å². The fourth-order valence-corrected chi connectivity index (χ4v) is 10.8. The first-order valence-electron chi connectivity index (χ1n) is 17.0. The summed E-state index contributed by atoms with van der Waals surface area (Å²) in [5.74, 6) is 1.45. The Balaban J connectivity index is 1.61. The van der Waals surface area contributed by atoms with Crippen LogP contribution in [0.3, 0.4) is 0 Å². The number of carbonyl (C=O) groups excluding carboxylic acids is 2. The molecule has 2 aliphatic rings. The molecule has 5 nitrogen and oxygen atoms in total. The molecule has 1 atom stereocenters. The maximum atomic E-state index is 14.8. The normalized spacial score (nSPS) is 17.2. The Hall–Kier alpha value is -2.04. The summed E-state index contributed by atoms with van der Waals surface area (Å²) in [5.41, 5.74) is 4.46. The van der Waals surface area contributed by atoms with Crippen LogP contribution in [-0.4, -0.2) is 49.4 Å². The quantitative estimate of drug-likeness (QED) is 0.155. The van der Waals surface area contributed by atoms with Gasteiger partial charge in [-0.3, -0.25) is 4.79 Å². The lowest BCUT2D eigenvalue weighted by molar-refractivity contribution is -0.142. The number of aryl methyl sites for hydroxylation is 1. The van der Waals surface area contributed by atoms with Gasteiger partial charge in [-0.2, -0.15) is 11.8 Å². The second kappa shape index (κ2) is 17.6. The van der Waals surface area contributed by atoms with E-state index in [0.717, 1.165) is 53.2 Å². The number of rotatable bonds is 15. The van der Waals surface area contributed by atoms with E-state index in [4.69, 9.17) is 4.74 Å². The van der Waals surface area contributed by atoms with E-state index in [1.165, 1.54) is 71.3 Å². The van der Waals surface area contributed by atoms with Crippen molar-refractivity contribution >= 4 is 30.8 Å². The van der Waals surface area contributed by atoms with E-state index >= 15 is 0 Å². The summed E-state index contributed by atoms with van der Waals surface area (Å²) in [6.07, 6.45) is 20.0. The van der Waals surface area contributed by atoms with Crippen LogP contribution in [0.25, 0.3) is 11.1 Å². The summed E-state index contributed by atoms with van der Waals surface area (Å²) < 4.78 is 19.8. The Labute approximate surface area is 270 Å². The number of amides is 1. The lowest BCUT2D eigenvalue weighted by Gasteiger charge is -2.27. The van der Waals surface area contributed by atoms with Gasteiger partial charge in [-0.25, -0.2) is 4.79 Å². The first kappa shape index (κ1) is 34.8. The van der Waals surface area contributed by atoms with Gasteiger partial charge in [0.15, 0.2) is 0 Å². The molecular weight excluding hydrogens is 585 g/mol. The van der Waals surface area contributed by atoms with Crippen molar-refractivity contribution in [3.8, 4) is 11.1 Å². The minimum absolute atomic E-state index is 0.288. The van der Waals surface area contributed by atoms with Crippen LogP contribution in [0.2, 0.25) is 0 Å². The summed E-state index contributed by atoms with van der Waals surface area (Å²) in [6, 6.07) is 13.4. The van der Waals surface area contributed by atoms with Crippen LogP contribution >= 0.6 is 18.9 Å². The van der Waals surface area contributed by atoms with Crippen LogP contribution in [0, 0.1) is 18.8 Å². The van der Waals surface area contributed by atoms with E-state index in [1.807, 2.05) is 36.6 Å². The molecule has 2 aromatic rings. The van der Waals surface area contributed by atoms with Gasteiger partial charge < -0.3 is 14.6 Å². The van der Waals surface area contributed by atoms with Crippen molar-refractivity contribution in [3.63, 3.8) is 0 Å². The Bertz CT molecular complexity index is 1240. The van der Waals surface area contributed by atoms with Gasteiger partial charge in [-0.05, 0) is 84.4 Å². The second-order valence-corrected chi connectivity index (χ2v) is 17.6. The molecule has 0 radical (unpaired) electrons. The molecule has 0 aromatic heterocycles. The maximum absolute atomic E-state index is 14.8. The summed E-state index contributed by atoms with van der Waals surface area (Å²) in [4.78, 5) is 26.2. The predicted octanol–water partition coefficient (Wildman–Crippen LogP) is 9.49. The van der Waals surface area contributed by atoms with Crippen LogP contribution in [0.15, 0.2) is 42.5 Å². The van der Waals surface area contributed by atoms with Gasteiger partial charge >= 0.3 is 5.97 Å². The molecule has 7 heteroatoms. The second-order valence-electron chi connectivity index (χ2n) is 13.3. The number of ether oxygens (including phenoxy) is 1. The highest BCUT2D eigenvalue weighted by Gasteiger charge is 2.29. The van der Waals surface area contributed by atoms with Crippen molar-refractivity contribution in [2.75, 3.05) is 31.4 Å². The van der Waals surface area contributed by atoms with E-state index in [2.05, 4.69) is 24.4 Å². The zero-order chi connectivity index (χ0) is 31.4. The molecule has 0 saturated heterocycles. The molecule has 242 valence electrons. The number of hydrogen-bond acceptors (Lipinski definition) is 5. The number of hydrogen-bond donors (Lipinski definition) is 1. The molecule has 2 saturated carbocycles. The molecule has 2 aliphatic carbocycles. The Morgan fingerprint density at radius 2 is 1.52 bits per heavy atom. The molecule has 0 heterocycles. The van der Waals surface area contributed by atoms with Crippen LogP contribution in [0.5, 0.6) is 0 Å². The Kier molecular flexibility index (Phi) is 13.9. The maximum Gasteiger partial charge on any atom is 0.328 e. The number of carbonyl (C=O) groups is 2. The lowest BCUT2D eigenvalue weighted by atomic mass is 9.87. The smallest absolute Gasteiger partial charge is 0.328 e. The standard InChI is InChI=1S/C37H54NO4PS/c1-28-12-10-11-17-32(28)34-26-31(18-19-33(34)36(39)38-35(22-25-44-3)37(40)42-2)27-43(41,23-20-29-13-6-4-7-14-29)24-21-30-15-8-5-9-16-30/h10-12,17-19,26,29-30,35H,4-9,13-16,20-25,27H2,1-3H3,(H,38,39). The van der Waals surface area contributed by atoms with E-state index in [9.17, 15) is 14.2 Å². The lowest BCUT2D eigenvalue weighted by Crippen LogP contribution is -2.42. The zero-order valence-electron chi connectivity index (χ0n) is 27.3. The average molecular weight is 640 g/mol. The molecule has 2 aromatic carbocycles. The van der Waals surface area contributed by atoms with Gasteiger partial charge in [0.05, 0.1) is 14.3 Å². The van der Waals surface area contributed by atoms with Gasteiger partial charge in [0.25, 0.3) is 5.91 Å². The van der Waals surface area contributed by atoms with Crippen LogP contribution < -0.4 is 5.32 Å². The minimum Gasteiger partial charge on any atom is -0.467 e. The highest BCUT2D eigenvalue weighted by molar-refractivity contribution is 7.98. The first-order chi connectivity index (χ1) is 21.3. The number of methoxy groups -OCH3 is 1. The number of nitrogens with one attached hydrogen (secondary N) is 1. The Morgan fingerprint density at radius 3 is 2.09 bits per heavy atom. The first-order valence-corrected chi connectivity index (χ1v) is 20.6. The molecule has 1 N–H and O–H groups in total. The van der Waals surface area contributed by atoms with Gasteiger partial charge in [-0.15, -0.1) is 0 Å². The highest BCUT2D eigenvalue weighted by Crippen LogP contribution is 2.53. The van der Waals surface area contributed by atoms with Crippen molar-refractivity contribution < 1.29 is 18.9 Å². The summed E-state index contributed by atoms with van der Waals surface area (Å²) in [6.45, 7) is 2.05. The van der Waals surface area contributed by atoms with Crippen molar-refractivity contribution in [1.82, 2.24) is 5.32 Å². The predicted molar refractivity (Wildman–Crippen MR) is 186 cm³/mol. The van der Waals surface area contributed by atoms with Gasteiger partial charge in [0.1, 0.15) is 6.04 Å². The molecule has 4 rings (SSSR count). The molecule has 44 heavy (non-hydrogen) atoms. The van der Waals surface area contributed by atoms with E-state index in [-0.39, 0.29) is 5.91 Å². The minimum atomic E-state index is -2.45. The third kappa shape index (κ3) is 10.2. The van der Waals surface area contributed by atoms with Gasteiger partial charge in [-0.1, -0.05) is 94.5 Å². The SMILES string of the molecule is COC(=O)C(CCSC)NC(=O)c1ccc(CP(=O)(CCC2CCCCC2)CCC2CCCCC2)cc1-c1ccccc1C. The fraction of sp³-hybridized carbons (Fsp3) is 0.622. The monoisotopic (exact) mass is 639 g/mol. The van der Waals surface area contributed by atoms with E-state index < -0.39 is 19.2 Å². The fourth-order valence-electron chi connectivity index (χ4n) is 7.24. The van der Waals surface area contributed by atoms with Crippen LogP contribution in [0.1, 0.15) is 105 Å². The number of thioether (sulfide) groups is 1. The van der Waals surface area contributed by atoms with E-state index in [0.29, 0.717) is 30.0 Å². The third-order valence-corrected chi connectivity index (χ3v) is 13.7. The average Bonchev–Trinajstić information content (AvgIpc) is 3.05. The van der Waals surface area contributed by atoms with Crippen LogP contribution in [0.4, 0.5) is 0 Å². The third-order valence-electron chi connectivity index (χ3n) is 9.98. The molecule has 1 amide bonds. The highest BCUT2D eigenvalue weighted by atomic mass is 32.2. The van der Waals surface area contributed by atoms with Gasteiger partial charge in [0, 0.05) is 24.0 Å². The summed E-state index contributed by atoms with van der Waals surface area (Å²) in [5, 5.41) is 2.95. The molecular formula is C37H54NO4PS. The van der Waals surface area contributed by atoms with Crippen LogP contribution in [-0.2, 0) is 20.3 Å². The largest absolute Gasteiger partial charge is 0.467 e. The molecule has 0 aliphatic heterocycles.